The van der Waals surface area contributed by atoms with Gasteiger partial charge in [0, 0.05) is 11.6 Å². The summed E-state index contributed by atoms with van der Waals surface area (Å²) < 4.78 is 37.0. The van der Waals surface area contributed by atoms with E-state index in [1.165, 1.54) is 12.1 Å². The van der Waals surface area contributed by atoms with E-state index in [1.54, 1.807) is 47.1 Å². The number of aromatic nitrogens is 2. The first kappa shape index (κ1) is 16.8. The molecular formula is C17H13FN4O2S. The lowest BCUT2D eigenvalue weighted by atomic mass is 10.1. The molecule has 6 nitrogen and oxygen atoms in total. The SMILES string of the molecule is N#Cc1cc(-c2ccc(F)cc2)n(-c2ccc(CS(N)(=O)=O)cc2)n1. The summed E-state index contributed by atoms with van der Waals surface area (Å²) in [7, 11) is -3.61. The highest BCUT2D eigenvalue weighted by molar-refractivity contribution is 7.88. The highest BCUT2D eigenvalue weighted by Crippen LogP contribution is 2.24. The van der Waals surface area contributed by atoms with Crippen LogP contribution in [0.5, 0.6) is 0 Å². The van der Waals surface area contributed by atoms with Gasteiger partial charge in [-0.1, -0.05) is 12.1 Å². The largest absolute Gasteiger partial charge is 0.232 e. The van der Waals surface area contributed by atoms with Gasteiger partial charge in [-0.05, 0) is 42.0 Å². The Kier molecular flexibility index (Phi) is 4.35. The Morgan fingerprint density at radius 3 is 2.32 bits per heavy atom. The van der Waals surface area contributed by atoms with Crippen LogP contribution in [0.4, 0.5) is 4.39 Å². The summed E-state index contributed by atoms with van der Waals surface area (Å²) in [6.07, 6.45) is 0. The minimum absolute atomic E-state index is 0.216. The van der Waals surface area contributed by atoms with Gasteiger partial charge in [0.05, 0.1) is 17.1 Å². The smallest absolute Gasteiger partial charge is 0.213 e. The molecule has 2 N–H and O–H groups in total. The van der Waals surface area contributed by atoms with Crippen LogP contribution in [-0.2, 0) is 15.8 Å². The van der Waals surface area contributed by atoms with Gasteiger partial charge in [0.1, 0.15) is 11.9 Å². The Balaban J connectivity index is 2.03. The van der Waals surface area contributed by atoms with Crippen LogP contribution in [0.2, 0.25) is 0 Å². The van der Waals surface area contributed by atoms with Crippen molar-refractivity contribution in [1.82, 2.24) is 9.78 Å². The van der Waals surface area contributed by atoms with Crippen LogP contribution in [0.15, 0.2) is 54.6 Å². The van der Waals surface area contributed by atoms with Gasteiger partial charge in [-0.25, -0.2) is 22.6 Å². The van der Waals surface area contributed by atoms with Crippen LogP contribution in [0, 0.1) is 17.1 Å². The molecule has 0 atom stereocenters. The van der Waals surface area contributed by atoms with Crippen molar-refractivity contribution in [3.05, 3.63) is 71.7 Å². The molecule has 0 aliphatic rings. The zero-order valence-electron chi connectivity index (χ0n) is 12.9. The maximum atomic E-state index is 13.1. The fourth-order valence-corrected chi connectivity index (χ4v) is 3.08. The Labute approximate surface area is 144 Å². The van der Waals surface area contributed by atoms with E-state index in [0.29, 0.717) is 22.5 Å². The third kappa shape index (κ3) is 3.91. The molecule has 1 heterocycles. The Morgan fingerprint density at radius 2 is 1.76 bits per heavy atom. The van der Waals surface area contributed by atoms with Crippen LogP contribution in [0.25, 0.3) is 16.9 Å². The molecule has 3 aromatic rings. The Morgan fingerprint density at radius 1 is 1.12 bits per heavy atom. The van der Waals surface area contributed by atoms with E-state index >= 15 is 0 Å². The number of benzene rings is 2. The van der Waals surface area contributed by atoms with Gasteiger partial charge >= 0.3 is 0 Å². The van der Waals surface area contributed by atoms with Gasteiger partial charge in [0.2, 0.25) is 10.0 Å². The summed E-state index contributed by atoms with van der Waals surface area (Å²) in [6.45, 7) is 0. The first-order valence-electron chi connectivity index (χ1n) is 7.21. The molecule has 8 heteroatoms. The Bertz CT molecular complexity index is 1050. The molecule has 1 aromatic heterocycles. The molecule has 25 heavy (non-hydrogen) atoms. The van der Waals surface area contributed by atoms with Gasteiger partial charge in [-0.3, -0.25) is 0 Å². The minimum Gasteiger partial charge on any atom is -0.232 e. The number of primary sulfonamides is 1. The number of rotatable bonds is 4. The van der Waals surface area contributed by atoms with Crippen molar-refractivity contribution in [2.45, 2.75) is 5.75 Å². The van der Waals surface area contributed by atoms with E-state index in [9.17, 15) is 12.8 Å². The predicted octanol–water partition coefficient (Wildman–Crippen LogP) is 2.34. The summed E-state index contributed by atoms with van der Waals surface area (Å²) in [5.74, 6) is -0.622. The van der Waals surface area contributed by atoms with Gasteiger partial charge in [-0.2, -0.15) is 10.4 Å². The molecule has 0 aliphatic carbocycles. The molecule has 0 radical (unpaired) electrons. The average molecular weight is 356 g/mol. The van der Waals surface area contributed by atoms with E-state index < -0.39 is 10.0 Å². The maximum Gasteiger partial charge on any atom is 0.213 e. The molecule has 2 aromatic carbocycles. The van der Waals surface area contributed by atoms with E-state index in [-0.39, 0.29) is 17.3 Å². The van der Waals surface area contributed by atoms with Gasteiger partial charge in [0.15, 0.2) is 5.69 Å². The standard InChI is InChI=1S/C17H13FN4O2S/c18-14-5-3-13(4-6-14)17-9-15(10-19)21-22(17)16-7-1-12(2-8-16)11-25(20,23)24/h1-9H,11H2,(H2,20,23,24). The number of hydrogen-bond acceptors (Lipinski definition) is 4. The first-order chi connectivity index (χ1) is 11.9. The second-order valence-corrected chi connectivity index (χ2v) is 7.03. The second kappa shape index (κ2) is 6.47. The van der Waals surface area contributed by atoms with Gasteiger partial charge in [-0.15, -0.1) is 0 Å². The third-order valence-corrected chi connectivity index (χ3v) is 4.25. The Hall–Kier alpha value is -3.02. The van der Waals surface area contributed by atoms with Crippen LogP contribution in [-0.4, -0.2) is 18.2 Å². The van der Waals surface area contributed by atoms with Crippen LogP contribution in [0.3, 0.4) is 0 Å². The number of nitriles is 1. The molecule has 0 aliphatic heterocycles. The number of nitrogens with two attached hydrogens (primary N) is 1. The number of nitrogens with zero attached hydrogens (tertiary/aromatic N) is 3. The van der Waals surface area contributed by atoms with Crippen LogP contribution >= 0.6 is 0 Å². The number of sulfonamides is 1. The predicted molar refractivity (Wildman–Crippen MR) is 90.5 cm³/mol. The summed E-state index contributed by atoms with van der Waals surface area (Å²) >= 11 is 0. The molecule has 0 amide bonds. The molecular weight excluding hydrogens is 343 g/mol. The average Bonchev–Trinajstić information content (AvgIpc) is 2.99. The van der Waals surface area contributed by atoms with Crippen molar-refractivity contribution in [2.24, 2.45) is 5.14 Å². The van der Waals surface area contributed by atoms with Gasteiger partial charge in [0.25, 0.3) is 0 Å². The molecule has 0 saturated heterocycles. The van der Waals surface area contributed by atoms with Crippen molar-refractivity contribution in [3.8, 4) is 23.0 Å². The summed E-state index contributed by atoms with van der Waals surface area (Å²) in [4.78, 5) is 0. The minimum atomic E-state index is -3.61. The van der Waals surface area contributed by atoms with Crippen molar-refractivity contribution in [1.29, 1.82) is 5.26 Å². The van der Waals surface area contributed by atoms with Crippen LogP contribution < -0.4 is 5.14 Å². The lowest BCUT2D eigenvalue weighted by Crippen LogP contribution is -2.14. The highest BCUT2D eigenvalue weighted by atomic mass is 32.2. The van der Waals surface area contributed by atoms with E-state index in [1.807, 2.05) is 6.07 Å². The van der Waals surface area contributed by atoms with E-state index in [0.717, 1.165) is 0 Å². The molecule has 0 bridgehead atoms. The molecule has 0 fully saturated rings. The highest BCUT2D eigenvalue weighted by Gasteiger charge is 2.12. The normalized spacial score (nSPS) is 11.2. The lowest BCUT2D eigenvalue weighted by molar-refractivity contribution is 0.597. The summed E-state index contributed by atoms with van der Waals surface area (Å²) in [5, 5.41) is 18.4. The maximum absolute atomic E-state index is 13.1. The topological polar surface area (TPSA) is 102 Å². The third-order valence-electron chi connectivity index (χ3n) is 3.51. The van der Waals surface area contributed by atoms with E-state index in [4.69, 9.17) is 10.4 Å². The van der Waals surface area contributed by atoms with Gasteiger partial charge < -0.3 is 0 Å². The summed E-state index contributed by atoms with van der Waals surface area (Å²) in [5.41, 5.74) is 2.72. The molecule has 0 saturated carbocycles. The molecule has 3 rings (SSSR count). The molecule has 0 unspecified atom stereocenters. The quantitative estimate of drug-likeness (QED) is 0.775. The fraction of sp³-hybridized carbons (Fsp3) is 0.0588. The van der Waals surface area contributed by atoms with Crippen molar-refractivity contribution >= 4 is 10.0 Å². The van der Waals surface area contributed by atoms with E-state index in [2.05, 4.69) is 5.10 Å². The first-order valence-corrected chi connectivity index (χ1v) is 8.93. The molecule has 126 valence electrons. The van der Waals surface area contributed by atoms with Crippen molar-refractivity contribution < 1.29 is 12.8 Å². The summed E-state index contributed by atoms with van der Waals surface area (Å²) in [6, 6.07) is 16.0. The number of hydrogen-bond donors (Lipinski definition) is 1. The zero-order valence-corrected chi connectivity index (χ0v) is 13.7. The van der Waals surface area contributed by atoms with Crippen molar-refractivity contribution in [2.75, 3.05) is 0 Å². The zero-order chi connectivity index (χ0) is 18.0. The molecule has 0 spiro atoms. The lowest BCUT2D eigenvalue weighted by Gasteiger charge is -2.08. The number of halogens is 1. The monoisotopic (exact) mass is 356 g/mol. The second-order valence-electron chi connectivity index (χ2n) is 5.42. The van der Waals surface area contributed by atoms with Crippen LogP contribution in [0.1, 0.15) is 11.3 Å². The fourth-order valence-electron chi connectivity index (χ4n) is 2.42. The van der Waals surface area contributed by atoms with Crippen molar-refractivity contribution in [3.63, 3.8) is 0 Å².